The molecule has 2 aromatic carbocycles. The minimum absolute atomic E-state index is 0.000990. The first-order valence-corrected chi connectivity index (χ1v) is 15.5. The van der Waals surface area contributed by atoms with Gasteiger partial charge in [0.15, 0.2) is 0 Å². The number of aromatic nitrogens is 3. The summed E-state index contributed by atoms with van der Waals surface area (Å²) in [5.74, 6) is -0.487. The number of hydrogen-bond acceptors (Lipinski definition) is 6. The Hall–Kier alpha value is -3.92. The van der Waals surface area contributed by atoms with Crippen molar-refractivity contribution < 1.29 is 14.0 Å². The van der Waals surface area contributed by atoms with Gasteiger partial charge in [0.25, 0.3) is 5.91 Å². The Kier molecular flexibility index (Phi) is 8.75. The van der Waals surface area contributed by atoms with Crippen molar-refractivity contribution in [2.45, 2.75) is 97.3 Å². The molecule has 1 unspecified atom stereocenters. The van der Waals surface area contributed by atoms with E-state index in [9.17, 15) is 14.0 Å². The van der Waals surface area contributed by atoms with E-state index < -0.39 is 5.54 Å². The van der Waals surface area contributed by atoms with E-state index in [0.717, 1.165) is 17.7 Å². The molecular formula is C34H44FN7O2. The summed E-state index contributed by atoms with van der Waals surface area (Å²) >= 11 is 0. The number of hydrazone groups is 1. The van der Waals surface area contributed by atoms with E-state index in [1.54, 1.807) is 12.1 Å². The third kappa shape index (κ3) is 6.31. The molecule has 9 nitrogen and oxygen atoms in total. The molecule has 234 valence electrons. The Morgan fingerprint density at radius 2 is 1.55 bits per heavy atom. The number of halogens is 1. The van der Waals surface area contributed by atoms with E-state index in [4.69, 9.17) is 0 Å². The lowest BCUT2D eigenvalue weighted by Gasteiger charge is -2.44. The molecule has 0 radical (unpaired) electrons. The van der Waals surface area contributed by atoms with Crippen LogP contribution in [0.1, 0.15) is 84.5 Å². The van der Waals surface area contributed by atoms with Crippen LogP contribution in [-0.4, -0.2) is 67.5 Å². The second-order valence-corrected chi connectivity index (χ2v) is 13.4. The van der Waals surface area contributed by atoms with Gasteiger partial charge in [-0.05, 0) is 68.0 Å². The predicted octanol–water partition coefficient (Wildman–Crippen LogP) is 5.49. The molecule has 1 saturated heterocycles. The number of carbonyl (C=O) groups excluding carboxylic acids is 2. The molecule has 0 bridgehead atoms. The largest absolute Gasteiger partial charge is 0.334 e. The number of amides is 2. The van der Waals surface area contributed by atoms with Crippen molar-refractivity contribution in [2.24, 2.45) is 5.10 Å². The van der Waals surface area contributed by atoms with E-state index >= 15 is 0 Å². The van der Waals surface area contributed by atoms with Crippen molar-refractivity contribution in [3.63, 3.8) is 0 Å². The van der Waals surface area contributed by atoms with Gasteiger partial charge in [0.05, 0.1) is 23.1 Å². The van der Waals surface area contributed by atoms with Crippen LogP contribution in [0.25, 0.3) is 0 Å². The first-order chi connectivity index (χ1) is 20.8. The molecule has 3 aromatic rings. The highest BCUT2D eigenvalue weighted by atomic mass is 19.1. The Morgan fingerprint density at radius 1 is 0.932 bits per heavy atom. The van der Waals surface area contributed by atoms with E-state index in [1.807, 2.05) is 40.0 Å². The maximum Gasteiger partial charge on any atom is 0.270 e. The zero-order valence-electron chi connectivity index (χ0n) is 26.9. The number of hydrogen-bond donors (Lipinski definition) is 0. The SMILES string of the molecule is CCC(C)(c1ccc(F)cc1)n1cc(CN2[C@H](C)CN(C(=O)C3=NN(c4ccc(C(C)(C)C)cc4)C(=O)CC3)C[C@@H]2C)nn1. The zero-order valence-corrected chi connectivity index (χ0v) is 26.9. The average molecular weight is 602 g/mol. The van der Waals surface area contributed by atoms with Gasteiger partial charge in [-0.2, -0.15) is 5.10 Å². The van der Waals surface area contributed by atoms with Crippen LogP contribution in [-0.2, 0) is 27.1 Å². The molecule has 2 amide bonds. The van der Waals surface area contributed by atoms with E-state index in [0.29, 0.717) is 37.5 Å². The van der Waals surface area contributed by atoms with Gasteiger partial charge in [-0.1, -0.05) is 57.2 Å². The van der Waals surface area contributed by atoms with Crippen LogP contribution in [0.15, 0.2) is 59.8 Å². The summed E-state index contributed by atoms with van der Waals surface area (Å²) in [7, 11) is 0. The fourth-order valence-corrected chi connectivity index (χ4v) is 6.13. The molecule has 2 aliphatic rings. The summed E-state index contributed by atoms with van der Waals surface area (Å²) in [6, 6.07) is 14.5. The summed E-state index contributed by atoms with van der Waals surface area (Å²) in [6.07, 6.45) is 3.33. The number of carbonyl (C=O) groups is 2. The summed E-state index contributed by atoms with van der Waals surface area (Å²) in [5.41, 5.74) is 3.62. The smallest absolute Gasteiger partial charge is 0.270 e. The lowest BCUT2D eigenvalue weighted by molar-refractivity contribution is -0.128. The van der Waals surface area contributed by atoms with Crippen molar-refractivity contribution >= 4 is 23.2 Å². The highest BCUT2D eigenvalue weighted by Crippen LogP contribution is 2.30. The lowest BCUT2D eigenvalue weighted by atomic mass is 9.87. The van der Waals surface area contributed by atoms with Gasteiger partial charge in [-0.25, -0.2) is 14.1 Å². The first-order valence-electron chi connectivity index (χ1n) is 15.5. The van der Waals surface area contributed by atoms with Gasteiger partial charge in [0, 0.05) is 44.6 Å². The van der Waals surface area contributed by atoms with Gasteiger partial charge in [-0.3, -0.25) is 14.5 Å². The van der Waals surface area contributed by atoms with Crippen LogP contribution < -0.4 is 5.01 Å². The standard InChI is InChI=1S/C34H44FN7O2/c1-8-34(7,26-9-13-27(35)14-10-26)41-22-28(36-38-41)21-40-23(2)19-39(20-24(40)3)32(44)30-17-18-31(43)42(37-30)29-15-11-25(12-16-29)33(4,5)6/h9-16,22-24H,8,17-21H2,1-7H3/t23-,24+,34?. The fraction of sp³-hybridized carbons (Fsp3) is 0.500. The molecular weight excluding hydrogens is 557 g/mol. The zero-order chi connectivity index (χ0) is 31.8. The third-order valence-corrected chi connectivity index (χ3v) is 9.19. The van der Waals surface area contributed by atoms with Gasteiger partial charge in [0.2, 0.25) is 5.91 Å². The van der Waals surface area contributed by atoms with Crippen LogP contribution in [0.3, 0.4) is 0 Å². The van der Waals surface area contributed by atoms with Gasteiger partial charge < -0.3 is 4.90 Å². The normalized spacial score (nSPS) is 21.3. The Balaban J connectivity index is 1.26. The van der Waals surface area contributed by atoms with E-state index in [2.05, 4.69) is 68.8 Å². The molecule has 1 aromatic heterocycles. The van der Waals surface area contributed by atoms with Crippen molar-refractivity contribution in [3.05, 3.63) is 77.4 Å². The number of benzene rings is 2. The van der Waals surface area contributed by atoms with Crippen LogP contribution in [0, 0.1) is 5.82 Å². The lowest BCUT2D eigenvalue weighted by Crippen LogP contribution is -2.59. The molecule has 0 N–H and O–H groups in total. The highest BCUT2D eigenvalue weighted by Gasteiger charge is 2.36. The molecule has 0 aliphatic carbocycles. The third-order valence-electron chi connectivity index (χ3n) is 9.19. The van der Waals surface area contributed by atoms with Crippen molar-refractivity contribution in [3.8, 4) is 0 Å². The second kappa shape index (κ2) is 12.2. The molecule has 1 fully saturated rings. The van der Waals surface area contributed by atoms with Crippen molar-refractivity contribution in [2.75, 3.05) is 18.1 Å². The quantitative estimate of drug-likeness (QED) is 0.357. The molecule has 5 rings (SSSR count). The van der Waals surface area contributed by atoms with Crippen LogP contribution in [0.4, 0.5) is 10.1 Å². The predicted molar refractivity (Wildman–Crippen MR) is 170 cm³/mol. The summed E-state index contributed by atoms with van der Waals surface area (Å²) in [6.45, 7) is 16.5. The molecule has 3 atom stereocenters. The topological polar surface area (TPSA) is 86.9 Å². The molecule has 44 heavy (non-hydrogen) atoms. The van der Waals surface area contributed by atoms with E-state index in [-0.39, 0.29) is 41.6 Å². The Morgan fingerprint density at radius 3 is 2.14 bits per heavy atom. The minimum Gasteiger partial charge on any atom is -0.334 e. The minimum atomic E-state index is -0.452. The maximum atomic E-state index is 13.7. The number of rotatable bonds is 7. The van der Waals surface area contributed by atoms with Crippen LogP contribution in [0.2, 0.25) is 0 Å². The number of piperazine rings is 1. The molecule has 0 saturated carbocycles. The highest BCUT2D eigenvalue weighted by molar-refractivity contribution is 6.40. The molecule has 0 spiro atoms. The van der Waals surface area contributed by atoms with E-state index in [1.165, 1.54) is 22.7 Å². The van der Waals surface area contributed by atoms with Gasteiger partial charge in [0.1, 0.15) is 11.5 Å². The molecule has 10 heteroatoms. The van der Waals surface area contributed by atoms with Gasteiger partial charge >= 0.3 is 0 Å². The van der Waals surface area contributed by atoms with Crippen molar-refractivity contribution in [1.82, 2.24) is 24.8 Å². The first kappa shape index (κ1) is 31.5. The molecule has 2 aliphatic heterocycles. The Labute approximate surface area is 259 Å². The number of nitrogens with zero attached hydrogens (tertiary/aromatic N) is 7. The van der Waals surface area contributed by atoms with Crippen LogP contribution >= 0.6 is 0 Å². The Bertz CT molecular complexity index is 1510. The second-order valence-electron chi connectivity index (χ2n) is 13.4. The maximum absolute atomic E-state index is 13.7. The summed E-state index contributed by atoms with van der Waals surface area (Å²) in [4.78, 5) is 30.7. The van der Waals surface area contributed by atoms with Crippen LogP contribution in [0.5, 0.6) is 0 Å². The number of anilines is 1. The molecule has 3 heterocycles. The monoisotopic (exact) mass is 601 g/mol. The van der Waals surface area contributed by atoms with Gasteiger partial charge in [-0.15, -0.1) is 5.10 Å². The average Bonchev–Trinajstić information content (AvgIpc) is 3.48. The summed E-state index contributed by atoms with van der Waals surface area (Å²) < 4.78 is 15.4. The summed E-state index contributed by atoms with van der Waals surface area (Å²) in [5, 5.41) is 14.9. The van der Waals surface area contributed by atoms with Crippen molar-refractivity contribution in [1.29, 1.82) is 0 Å². The fourth-order valence-electron chi connectivity index (χ4n) is 6.13.